The van der Waals surface area contributed by atoms with Crippen molar-refractivity contribution < 1.29 is 19.5 Å². The molecule has 1 aromatic carbocycles. The Morgan fingerprint density at radius 3 is 2.56 bits per heavy atom. The highest BCUT2D eigenvalue weighted by atomic mass is 16.7. The molecule has 18 heavy (non-hydrogen) atoms. The van der Waals surface area contributed by atoms with Crippen LogP contribution < -0.4 is 5.73 Å². The molecule has 1 rings (SSSR count). The second-order valence-electron chi connectivity index (χ2n) is 3.52. The zero-order chi connectivity index (χ0) is 13.5. The molecule has 0 aliphatic heterocycles. The van der Waals surface area contributed by atoms with E-state index in [1.54, 1.807) is 0 Å². The van der Waals surface area contributed by atoms with Crippen LogP contribution in [0.1, 0.15) is 5.56 Å². The molecule has 0 fully saturated rings. The Kier molecular flexibility index (Phi) is 5.29. The van der Waals surface area contributed by atoms with E-state index >= 15 is 0 Å². The number of aliphatic hydroxyl groups excluding tert-OH is 1. The first-order chi connectivity index (χ1) is 8.56. The van der Waals surface area contributed by atoms with Crippen LogP contribution in [0.2, 0.25) is 0 Å². The first-order valence-electron chi connectivity index (χ1n) is 5.29. The normalized spacial score (nSPS) is 11.9. The molecule has 1 atom stereocenters. The van der Waals surface area contributed by atoms with E-state index in [4.69, 9.17) is 5.73 Å². The van der Waals surface area contributed by atoms with Gasteiger partial charge in [0.2, 0.25) is 0 Å². The Hall–Kier alpha value is -1.92. The Morgan fingerprint density at radius 1 is 1.44 bits per heavy atom. The molecule has 0 aliphatic rings. The van der Waals surface area contributed by atoms with Crippen molar-refractivity contribution in [2.24, 2.45) is 5.73 Å². The highest BCUT2D eigenvalue weighted by Gasteiger charge is 2.26. The number of amides is 3. The second-order valence-corrected chi connectivity index (χ2v) is 3.52. The van der Waals surface area contributed by atoms with Gasteiger partial charge in [0.15, 0.2) is 0 Å². The maximum absolute atomic E-state index is 11.6. The number of urea groups is 1. The van der Waals surface area contributed by atoms with Gasteiger partial charge in [-0.15, -0.1) is 5.06 Å². The number of hydrogen-bond donors (Lipinski definition) is 2. The molecule has 0 aromatic heterocycles. The van der Waals surface area contributed by atoms with Gasteiger partial charge in [-0.3, -0.25) is 9.63 Å². The summed E-state index contributed by atoms with van der Waals surface area (Å²) < 4.78 is 0. The van der Waals surface area contributed by atoms with Crippen LogP contribution in [0.5, 0.6) is 0 Å². The van der Waals surface area contributed by atoms with Gasteiger partial charge in [-0.25, -0.2) is 4.79 Å². The Morgan fingerprint density at radius 2 is 2.06 bits per heavy atom. The summed E-state index contributed by atoms with van der Waals surface area (Å²) in [6.07, 6.45) is 0.314. The smallest absolute Gasteiger partial charge is 0.346 e. The van der Waals surface area contributed by atoms with Crippen molar-refractivity contribution in [1.82, 2.24) is 5.06 Å². The van der Waals surface area contributed by atoms with Gasteiger partial charge in [0.25, 0.3) is 5.91 Å². The molecule has 97 valence electrons. The average molecular weight is 251 g/mol. The van der Waals surface area contributed by atoms with E-state index in [1.807, 2.05) is 30.3 Å². The lowest BCUT2D eigenvalue weighted by Crippen LogP contribution is -2.45. The van der Waals surface area contributed by atoms with Gasteiger partial charge in [0, 0.05) is 6.42 Å². The molecule has 6 nitrogen and oxygen atoms in total. The van der Waals surface area contributed by atoms with Crippen molar-refractivity contribution in [2.45, 2.75) is 12.5 Å². The van der Waals surface area contributed by atoms with E-state index in [9.17, 15) is 14.7 Å². The Labute approximate surface area is 105 Å². The van der Waals surface area contributed by atoms with Crippen LogP contribution >= 0.6 is 0 Å². The van der Waals surface area contributed by atoms with Crippen LogP contribution in [-0.4, -0.2) is 35.3 Å². The average Bonchev–Trinajstić information content (AvgIpc) is 2.37. The summed E-state index contributed by atoms with van der Waals surface area (Å²) in [6.45, 7) is 0. The standard InChI is InChI=1S/C12H15N2O4/c1-18-14(12(13)17)11(16)10(15)8-7-9-5-3-2-4-6-9/h2-6,8,10,15H,7H2,1H3,(H2,13,17)/t10-/m1/s1. The number of nitrogens with two attached hydrogens (primary N) is 1. The third-order valence-electron chi connectivity index (χ3n) is 2.26. The molecule has 0 unspecified atom stereocenters. The van der Waals surface area contributed by atoms with Gasteiger partial charge in [-0.2, -0.15) is 0 Å². The van der Waals surface area contributed by atoms with Crippen LogP contribution in [-0.2, 0) is 16.1 Å². The van der Waals surface area contributed by atoms with Crippen molar-refractivity contribution in [3.63, 3.8) is 0 Å². The molecule has 0 heterocycles. The number of carbonyl (C=O) groups excluding carboxylic acids is 2. The number of nitrogens with zero attached hydrogens (tertiary/aromatic N) is 1. The number of hydroxylamine groups is 2. The molecular formula is C12H15N2O4. The summed E-state index contributed by atoms with van der Waals surface area (Å²) in [6, 6.07) is 8.20. The highest BCUT2D eigenvalue weighted by Crippen LogP contribution is 2.06. The maximum Gasteiger partial charge on any atom is 0.346 e. The molecule has 0 spiro atoms. The van der Waals surface area contributed by atoms with Crippen LogP contribution in [0.25, 0.3) is 0 Å². The largest absolute Gasteiger partial charge is 0.383 e. The van der Waals surface area contributed by atoms with Crippen molar-refractivity contribution in [3.05, 3.63) is 42.3 Å². The summed E-state index contributed by atoms with van der Waals surface area (Å²) in [4.78, 5) is 26.9. The summed E-state index contributed by atoms with van der Waals surface area (Å²) >= 11 is 0. The Bertz CT molecular complexity index is 408. The monoisotopic (exact) mass is 251 g/mol. The van der Waals surface area contributed by atoms with Crippen molar-refractivity contribution in [2.75, 3.05) is 7.11 Å². The van der Waals surface area contributed by atoms with E-state index in [0.29, 0.717) is 11.5 Å². The molecule has 0 aliphatic carbocycles. The summed E-state index contributed by atoms with van der Waals surface area (Å²) in [7, 11) is 1.12. The van der Waals surface area contributed by atoms with E-state index < -0.39 is 18.0 Å². The number of primary amides is 1. The maximum atomic E-state index is 11.6. The lowest BCUT2D eigenvalue weighted by Gasteiger charge is -2.18. The van der Waals surface area contributed by atoms with Gasteiger partial charge in [0.1, 0.15) is 6.10 Å². The molecule has 3 amide bonds. The fourth-order valence-corrected chi connectivity index (χ4v) is 1.37. The van der Waals surface area contributed by atoms with Crippen LogP contribution in [0, 0.1) is 6.42 Å². The predicted molar refractivity (Wildman–Crippen MR) is 63.9 cm³/mol. The van der Waals surface area contributed by atoms with Crippen LogP contribution in [0.3, 0.4) is 0 Å². The lowest BCUT2D eigenvalue weighted by atomic mass is 10.1. The molecule has 3 N–H and O–H groups in total. The minimum absolute atomic E-state index is 0.312. The van der Waals surface area contributed by atoms with E-state index in [-0.39, 0.29) is 0 Å². The number of aliphatic hydroxyl groups is 1. The SMILES string of the molecule is CON(C(N)=O)C(=O)[C@H](O)[CH]Cc1ccccc1. The quantitative estimate of drug-likeness (QED) is 0.734. The summed E-state index contributed by atoms with van der Waals surface area (Å²) in [5, 5.41) is 9.91. The summed E-state index contributed by atoms with van der Waals surface area (Å²) in [5.41, 5.74) is 5.85. The van der Waals surface area contributed by atoms with E-state index in [2.05, 4.69) is 4.84 Å². The zero-order valence-corrected chi connectivity index (χ0v) is 9.95. The zero-order valence-electron chi connectivity index (χ0n) is 9.95. The van der Waals surface area contributed by atoms with Crippen molar-refractivity contribution in [1.29, 1.82) is 0 Å². The van der Waals surface area contributed by atoms with Gasteiger partial charge in [-0.05, 0) is 12.0 Å². The highest BCUT2D eigenvalue weighted by molar-refractivity contribution is 5.95. The van der Waals surface area contributed by atoms with Gasteiger partial charge >= 0.3 is 6.03 Å². The Balaban J connectivity index is 2.52. The van der Waals surface area contributed by atoms with E-state index in [0.717, 1.165) is 12.7 Å². The van der Waals surface area contributed by atoms with E-state index in [1.165, 1.54) is 6.42 Å². The van der Waals surface area contributed by atoms with Crippen molar-refractivity contribution >= 4 is 11.9 Å². The third kappa shape index (κ3) is 3.83. The fourth-order valence-electron chi connectivity index (χ4n) is 1.37. The molecule has 0 saturated carbocycles. The molecule has 1 aromatic rings. The minimum Gasteiger partial charge on any atom is -0.383 e. The number of hydrogen-bond acceptors (Lipinski definition) is 4. The predicted octanol–water partition coefficient (Wildman–Crippen LogP) is 0.263. The number of imide groups is 1. The minimum atomic E-state index is -1.45. The fraction of sp³-hybridized carbons (Fsp3) is 0.250. The second kappa shape index (κ2) is 6.73. The number of rotatable bonds is 5. The number of benzene rings is 1. The summed E-state index contributed by atoms with van der Waals surface area (Å²) in [5.74, 6) is -0.916. The lowest BCUT2D eigenvalue weighted by molar-refractivity contribution is -0.167. The molecule has 6 heteroatoms. The van der Waals surface area contributed by atoms with Crippen LogP contribution in [0.4, 0.5) is 4.79 Å². The first-order valence-corrected chi connectivity index (χ1v) is 5.29. The molecule has 0 saturated heterocycles. The molecule has 0 bridgehead atoms. The first kappa shape index (κ1) is 14.1. The van der Waals surface area contributed by atoms with Crippen molar-refractivity contribution in [3.8, 4) is 0 Å². The van der Waals surface area contributed by atoms with Crippen LogP contribution in [0.15, 0.2) is 30.3 Å². The van der Waals surface area contributed by atoms with Gasteiger partial charge in [0.05, 0.1) is 7.11 Å². The third-order valence-corrected chi connectivity index (χ3v) is 2.26. The van der Waals surface area contributed by atoms with Gasteiger partial charge in [-0.1, -0.05) is 30.3 Å². The van der Waals surface area contributed by atoms with Gasteiger partial charge < -0.3 is 10.8 Å². The molecular weight excluding hydrogens is 236 g/mol. The molecule has 1 radical (unpaired) electrons. The number of carbonyl (C=O) groups is 2. The topological polar surface area (TPSA) is 92.9 Å².